The summed E-state index contributed by atoms with van der Waals surface area (Å²) in [7, 11) is 0. The van der Waals surface area contributed by atoms with Crippen LogP contribution in [-0.2, 0) is 4.79 Å². The summed E-state index contributed by atoms with van der Waals surface area (Å²) in [5, 5.41) is 13.8. The molecular formula is C12H16N6O. The number of anilines is 1. The lowest BCUT2D eigenvalue weighted by molar-refractivity contribution is -0.119. The number of benzene rings is 1. The average molecular weight is 260 g/mol. The van der Waals surface area contributed by atoms with Crippen LogP contribution in [0.5, 0.6) is 0 Å². The fourth-order valence-electron chi connectivity index (χ4n) is 1.54. The molecule has 0 saturated carbocycles. The highest BCUT2D eigenvalue weighted by Crippen LogP contribution is 2.19. The van der Waals surface area contributed by atoms with Gasteiger partial charge in [-0.3, -0.25) is 4.79 Å². The fourth-order valence-corrected chi connectivity index (χ4v) is 1.54. The third-order valence-corrected chi connectivity index (χ3v) is 2.96. The number of amides is 1. The average Bonchev–Trinajstić information content (AvgIpc) is 2.92. The molecule has 2 aromatic rings. The molecule has 0 saturated heterocycles. The van der Waals surface area contributed by atoms with Gasteiger partial charge in [0, 0.05) is 6.04 Å². The van der Waals surface area contributed by atoms with Crippen molar-refractivity contribution in [3.63, 3.8) is 0 Å². The van der Waals surface area contributed by atoms with Gasteiger partial charge >= 0.3 is 0 Å². The molecular weight excluding hydrogens is 244 g/mol. The van der Waals surface area contributed by atoms with Crippen LogP contribution in [0.2, 0.25) is 0 Å². The summed E-state index contributed by atoms with van der Waals surface area (Å²) in [6.45, 7) is 3.59. The predicted molar refractivity (Wildman–Crippen MR) is 70.6 cm³/mol. The van der Waals surface area contributed by atoms with Crippen LogP contribution in [0.25, 0.3) is 5.69 Å². The molecule has 2 unspecified atom stereocenters. The molecule has 0 aliphatic carbocycles. The van der Waals surface area contributed by atoms with E-state index in [2.05, 4.69) is 20.8 Å². The molecule has 2 atom stereocenters. The number of tetrazole rings is 1. The number of nitrogens with one attached hydrogen (secondary N) is 1. The van der Waals surface area contributed by atoms with Crippen LogP contribution >= 0.6 is 0 Å². The van der Waals surface area contributed by atoms with E-state index < -0.39 is 0 Å². The zero-order valence-electron chi connectivity index (χ0n) is 10.8. The van der Waals surface area contributed by atoms with Crippen molar-refractivity contribution in [2.45, 2.75) is 19.9 Å². The van der Waals surface area contributed by atoms with E-state index in [-0.39, 0.29) is 17.9 Å². The number of carbonyl (C=O) groups excluding carboxylic acids is 1. The van der Waals surface area contributed by atoms with Gasteiger partial charge in [-0.1, -0.05) is 19.1 Å². The summed E-state index contributed by atoms with van der Waals surface area (Å²) < 4.78 is 1.49. The molecule has 0 aliphatic heterocycles. The lowest BCUT2D eigenvalue weighted by Crippen LogP contribution is -2.34. The molecule has 19 heavy (non-hydrogen) atoms. The number of aromatic nitrogens is 4. The van der Waals surface area contributed by atoms with Crippen LogP contribution in [0.15, 0.2) is 30.6 Å². The van der Waals surface area contributed by atoms with E-state index in [1.807, 2.05) is 18.2 Å². The van der Waals surface area contributed by atoms with E-state index >= 15 is 0 Å². The predicted octanol–water partition coefficient (Wildman–Crippen LogP) is 0.584. The Morgan fingerprint density at radius 1 is 1.37 bits per heavy atom. The van der Waals surface area contributed by atoms with E-state index in [1.54, 1.807) is 19.9 Å². The van der Waals surface area contributed by atoms with Crippen LogP contribution in [0.4, 0.5) is 5.69 Å². The van der Waals surface area contributed by atoms with Crippen LogP contribution in [-0.4, -0.2) is 32.2 Å². The highest BCUT2D eigenvalue weighted by molar-refractivity contribution is 5.94. The van der Waals surface area contributed by atoms with Gasteiger partial charge in [-0.15, -0.1) is 5.10 Å². The molecule has 1 heterocycles. The van der Waals surface area contributed by atoms with Crippen LogP contribution in [0.1, 0.15) is 13.8 Å². The molecule has 2 rings (SSSR count). The molecule has 100 valence electrons. The van der Waals surface area contributed by atoms with Gasteiger partial charge in [-0.05, 0) is 29.5 Å². The zero-order chi connectivity index (χ0) is 13.8. The molecule has 1 aromatic carbocycles. The minimum absolute atomic E-state index is 0.129. The standard InChI is InChI=1S/C12H16N6O/c1-8(9(2)13)12(19)15-10-5-3-4-6-11(10)18-7-14-16-17-18/h3-9H,13H2,1-2H3,(H,15,19). The fraction of sp³-hybridized carbons (Fsp3) is 0.333. The van der Waals surface area contributed by atoms with Gasteiger partial charge in [0.15, 0.2) is 0 Å². The third kappa shape index (κ3) is 2.94. The van der Waals surface area contributed by atoms with Crippen molar-refractivity contribution in [3.8, 4) is 5.69 Å². The molecule has 7 heteroatoms. The highest BCUT2D eigenvalue weighted by atomic mass is 16.1. The first-order valence-corrected chi connectivity index (χ1v) is 5.98. The van der Waals surface area contributed by atoms with Crippen molar-refractivity contribution in [3.05, 3.63) is 30.6 Å². The number of hydrogen-bond donors (Lipinski definition) is 2. The van der Waals surface area contributed by atoms with Gasteiger partial charge in [0.05, 0.1) is 17.3 Å². The second-order valence-electron chi connectivity index (χ2n) is 4.41. The highest BCUT2D eigenvalue weighted by Gasteiger charge is 2.18. The van der Waals surface area contributed by atoms with Crippen molar-refractivity contribution in [2.75, 3.05) is 5.32 Å². The Morgan fingerprint density at radius 3 is 2.74 bits per heavy atom. The molecule has 0 spiro atoms. The van der Waals surface area contributed by atoms with Crippen molar-refractivity contribution in [2.24, 2.45) is 11.7 Å². The smallest absolute Gasteiger partial charge is 0.228 e. The maximum atomic E-state index is 12.0. The lowest BCUT2D eigenvalue weighted by atomic mass is 10.0. The minimum atomic E-state index is -0.276. The molecule has 0 fully saturated rings. The maximum absolute atomic E-state index is 12.0. The van der Waals surface area contributed by atoms with Gasteiger partial charge in [0.2, 0.25) is 5.91 Å². The van der Waals surface area contributed by atoms with E-state index in [9.17, 15) is 4.79 Å². The normalized spacial score (nSPS) is 13.8. The molecule has 3 N–H and O–H groups in total. The second kappa shape index (κ2) is 5.57. The molecule has 0 aliphatic rings. The largest absolute Gasteiger partial charge is 0.327 e. The van der Waals surface area contributed by atoms with Gasteiger partial charge in [-0.25, -0.2) is 0 Å². The Bertz CT molecular complexity index is 551. The van der Waals surface area contributed by atoms with E-state index in [1.165, 1.54) is 11.0 Å². The lowest BCUT2D eigenvalue weighted by Gasteiger charge is -2.16. The van der Waals surface area contributed by atoms with Crippen molar-refractivity contribution in [1.82, 2.24) is 20.2 Å². The summed E-state index contributed by atoms with van der Waals surface area (Å²) in [6.07, 6.45) is 1.47. The van der Waals surface area contributed by atoms with Crippen LogP contribution in [0, 0.1) is 5.92 Å². The topological polar surface area (TPSA) is 98.7 Å². The first kappa shape index (κ1) is 13.2. The molecule has 1 aromatic heterocycles. The van der Waals surface area contributed by atoms with Crippen LogP contribution < -0.4 is 11.1 Å². The summed E-state index contributed by atoms with van der Waals surface area (Å²) in [4.78, 5) is 12.0. The molecule has 7 nitrogen and oxygen atoms in total. The number of para-hydroxylation sites is 2. The Balaban J connectivity index is 2.24. The van der Waals surface area contributed by atoms with Crippen LogP contribution in [0.3, 0.4) is 0 Å². The monoisotopic (exact) mass is 260 g/mol. The number of rotatable bonds is 4. The van der Waals surface area contributed by atoms with Crippen molar-refractivity contribution < 1.29 is 4.79 Å². The molecule has 0 radical (unpaired) electrons. The first-order chi connectivity index (χ1) is 9.09. The number of carbonyl (C=O) groups is 1. The minimum Gasteiger partial charge on any atom is -0.327 e. The molecule has 0 bridgehead atoms. The number of nitrogens with two attached hydrogens (primary N) is 1. The maximum Gasteiger partial charge on any atom is 0.228 e. The number of nitrogens with zero attached hydrogens (tertiary/aromatic N) is 4. The van der Waals surface area contributed by atoms with Crippen molar-refractivity contribution in [1.29, 1.82) is 0 Å². The SMILES string of the molecule is CC(N)C(C)C(=O)Nc1ccccc1-n1cnnn1. The van der Waals surface area contributed by atoms with E-state index in [0.717, 1.165) is 0 Å². The summed E-state index contributed by atoms with van der Waals surface area (Å²) >= 11 is 0. The van der Waals surface area contributed by atoms with Gasteiger partial charge in [0.25, 0.3) is 0 Å². The Labute approximate surface area is 110 Å². The summed E-state index contributed by atoms with van der Waals surface area (Å²) in [6, 6.07) is 7.09. The Hall–Kier alpha value is -2.28. The van der Waals surface area contributed by atoms with Gasteiger partial charge in [0.1, 0.15) is 6.33 Å². The van der Waals surface area contributed by atoms with E-state index in [0.29, 0.717) is 11.4 Å². The quantitative estimate of drug-likeness (QED) is 0.838. The Kier molecular flexibility index (Phi) is 3.86. The second-order valence-corrected chi connectivity index (χ2v) is 4.41. The summed E-state index contributed by atoms with van der Waals surface area (Å²) in [5.74, 6) is -0.405. The van der Waals surface area contributed by atoms with Gasteiger partial charge < -0.3 is 11.1 Å². The molecule has 1 amide bonds. The summed E-state index contributed by atoms with van der Waals surface area (Å²) in [5.41, 5.74) is 7.08. The van der Waals surface area contributed by atoms with Crippen molar-refractivity contribution >= 4 is 11.6 Å². The first-order valence-electron chi connectivity index (χ1n) is 5.98. The zero-order valence-corrected chi connectivity index (χ0v) is 10.8. The van der Waals surface area contributed by atoms with E-state index in [4.69, 9.17) is 5.73 Å². The Morgan fingerprint density at radius 2 is 2.11 bits per heavy atom. The van der Waals surface area contributed by atoms with Gasteiger partial charge in [-0.2, -0.15) is 4.68 Å². The third-order valence-electron chi connectivity index (χ3n) is 2.96. The number of hydrogen-bond acceptors (Lipinski definition) is 5.